The smallest absolute Gasteiger partial charge is 0.268 e. The van der Waals surface area contributed by atoms with E-state index in [1.165, 1.54) is 0 Å². The molecule has 2 heterocycles. The molecule has 1 N–H and O–H groups in total. The van der Waals surface area contributed by atoms with Crippen LogP contribution in [0.3, 0.4) is 0 Å². The fraction of sp³-hybridized carbons (Fsp3) is 0.150. The number of anilines is 1. The molecule has 0 spiro atoms. The molecule has 0 saturated heterocycles. The maximum atomic E-state index is 12.5. The molecule has 2 aromatic carbocycles. The minimum absolute atomic E-state index is 0.211. The highest BCUT2D eigenvalue weighted by atomic mass is 79.9. The molecule has 1 aliphatic heterocycles. The van der Waals surface area contributed by atoms with E-state index in [1.807, 2.05) is 59.4 Å². The second-order valence-corrected chi connectivity index (χ2v) is 8.22. The Labute approximate surface area is 178 Å². The average Bonchev–Trinajstić information content (AvgIpc) is 3.33. The lowest BCUT2D eigenvalue weighted by atomic mass is 10.0. The van der Waals surface area contributed by atoms with Gasteiger partial charge in [0.2, 0.25) is 6.10 Å². The van der Waals surface area contributed by atoms with Crippen LogP contribution in [-0.4, -0.2) is 27.5 Å². The quantitative estimate of drug-likeness (QED) is 0.553. The van der Waals surface area contributed by atoms with E-state index < -0.39 is 6.10 Å². The molecule has 0 aliphatic carbocycles. The molecule has 8 heteroatoms. The van der Waals surface area contributed by atoms with E-state index in [-0.39, 0.29) is 5.91 Å². The van der Waals surface area contributed by atoms with E-state index >= 15 is 0 Å². The largest absolute Gasteiger partial charge is 0.382 e. The first kappa shape index (κ1) is 18.9. The van der Waals surface area contributed by atoms with Gasteiger partial charge in [0.1, 0.15) is 0 Å². The number of carbonyl (C=O) groups is 1. The van der Waals surface area contributed by atoms with Crippen LogP contribution in [0.2, 0.25) is 0 Å². The molecule has 6 nitrogen and oxygen atoms in total. The van der Waals surface area contributed by atoms with Gasteiger partial charge in [-0.05, 0) is 45.8 Å². The molecule has 1 aromatic heterocycles. The standard InChI is InChI=1S/C20H16Br2N4O2/c21-15-3-1-2-14(8-15)18-9-19(28-25-18)20(27)24-17-6-4-13(5-7-17)11-26-12-16(22)10-23-26/h1-8,10,12,19H,9,11H2,(H,24,27). The molecule has 1 atom stereocenters. The first-order valence-electron chi connectivity index (χ1n) is 8.63. The maximum absolute atomic E-state index is 12.5. The molecule has 1 aliphatic rings. The lowest BCUT2D eigenvalue weighted by molar-refractivity contribution is -0.125. The Morgan fingerprint density at radius 2 is 2.00 bits per heavy atom. The summed E-state index contributed by atoms with van der Waals surface area (Å²) >= 11 is 6.83. The van der Waals surface area contributed by atoms with E-state index in [9.17, 15) is 4.79 Å². The molecular formula is C20H16Br2N4O2. The van der Waals surface area contributed by atoms with Gasteiger partial charge in [0.05, 0.1) is 22.9 Å². The van der Waals surface area contributed by atoms with E-state index in [4.69, 9.17) is 4.84 Å². The van der Waals surface area contributed by atoms with Gasteiger partial charge in [-0.15, -0.1) is 0 Å². The second kappa shape index (κ2) is 8.28. The number of benzene rings is 2. The molecule has 4 rings (SSSR count). The summed E-state index contributed by atoms with van der Waals surface area (Å²) in [6, 6.07) is 15.4. The summed E-state index contributed by atoms with van der Waals surface area (Å²) in [7, 11) is 0. The highest BCUT2D eigenvalue weighted by Crippen LogP contribution is 2.21. The summed E-state index contributed by atoms with van der Waals surface area (Å²) < 4.78 is 3.74. The first-order chi connectivity index (χ1) is 13.6. The van der Waals surface area contributed by atoms with Crippen LogP contribution in [0.5, 0.6) is 0 Å². The summed E-state index contributed by atoms with van der Waals surface area (Å²) in [4.78, 5) is 17.8. The summed E-state index contributed by atoms with van der Waals surface area (Å²) in [5.41, 5.74) is 3.52. The fourth-order valence-corrected chi connectivity index (χ4v) is 3.61. The van der Waals surface area contributed by atoms with Crippen LogP contribution in [0.25, 0.3) is 0 Å². The molecule has 0 bridgehead atoms. The third-order valence-corrected chi connectivity index (χ3v) is 5.19. The van der Waals surface area contributed by atoms with Crippen molar-refractivity contribution in [1.29, 1.82) is 0 Å². The normalized spacial score (nSPS) is 15.8. The number of nitrogens with zero attached hydrogens (tertiary/aromatic N) is 3. The number of oxime groups is 1. The van der Waals surface area contributed by atoms with Gasteiger partial charge >= 0.3 is 0 Å². The third-order valence-electron chi connectivity index (χ3n) is 4.29. The maximum Gasteiger partial charge on any atom is 0.268 e. The highest BCUT2D eigenvalue weighted by Gasteiger charge is 2.29. The molecule has 0 saturated carbocycles. The van der Waals surface area contributed by atoms with Crippen molar-refractivity contribution in [2.45, 2.75) is 19.1 Å². The van der Waals surface area contributed by atoms with Gasteiger partial charge in [0.25, 0.3) is 5.91 Å². The summed E-state index contributed by atoms with van der Waals surface area (Å²) in [6.07, 6.45) is 3.47. The van der Waals surface area contributed by atoms with Crippen LogP contribution in [0.1, 0.15) is 17.5 Å². The molecule has 1 unspecified atom stereocenters. The van der Waals surface area contributed by atoms with Gasteiger partial charge in [0.15, 0.2) is 0 Å². The van der Waals surface area contributed by atoms with Crippen molar-refractivity contribution in [2.24, 2.45) is 5.16 Å². The average molecular weight is 504 g/mol. The number of hydrogen-bond donors (Lipinski definition) is 1. The zero-order valence-corrected chi connectivity index (χ0v) is 17.9. The summed E-state index contributed by atoms with van der Waals surface area (Å²) in [6.45, 7) is 0.662. The van der Waals surface area contributed by atoms with Gasteiger partial charge in [-0.25, -0.2) is 0 Å². The number of carbonyl (C=O) groups excluding carboxylic acids is 1. The van der Waals surface area contributed by atoms with Crippen molar-refractivity contribution in [3.63, 3.8) is 0 Å². The Morgan fingerprint density at radius 3 is 2.71 bits per heavy atom. The lowest BCUT2D eigenvalue weighted by Crippen LogP contribution is -2.28. The first-order valence-corrected chi connectivity index (χ1v) is 10.2. The zero-order chi connectivity index (χ0) is 19.5. The second-order valence-electron chi connectivity index (χ2n) is 6.39. The Kier molecular flexibility index (Phi) is 5.59. The Hall–Kier alpha value is -2.45. The van der Waals surface area contributed by atoms with E-state index in [2.05, 4.69) is 47.4 Å². The van der Waals surface area contributed by atoms with E-state index in [1.54, 1.807) is 6.20 Å². The molecule has 1 amide bonds. The van der Waals surface area contributed by atoms with Crippen molar-refractivity contribution in [1.82, 2.24) is 9.78 Å². The summed E-state index contributed by atoms with van der Waals surface area (Å²) in [5.74, 6) is -0.211. The summed E-state index contributed by atoms with van der Waals surface area (Å²) in [5, 5.41) is 11.2. The van der Waals surface area contributed by atoms with Gasteiger partial charge in [-0.3, -0.25) is 9.48 Å². The lowest BCUT2D eigenvalue weighted by Gasteiger charge is -2.10. The van der Waals surface area contributed by atoms with Crippen LogP contribution in [0.15, 0.2) is 75.0 Å². The molecular weight excluding hydrogens is 488 g/mol. The third kappa shape index (κ3) is 4.51. The van der Waals surface area contributed by atoms with Gasteiger partial charge in [0, 0.05) is 28.3 Å². The predicted octanol–water partition coefficient (Wildman–Crippen LogP) is 4.59. The SMILES string of the molecule is O=C(Nc1ccc(Cn2cc(Br)cn2)cc1)C1CC(c2cccc(Br)c2)=NO1. The number of aromatic nitrogens is 2. The number of hydrogen-bond acceptors (Lipinski definition) is 4. The highest BCUT2D eigenvalue weighted by molar-refractivity contribution is 9.10. The zero-order valence-electron chi connectivity index (χ0n) is 14.7. The van der Waals surface area contributed by atoms with Gasteiger partial charge in [-0.1, -0.05) is 45.4 Å². The van der Waals surface area contributed by atoms with Gasteiger partial charge in [-0.2, -0.15) is 5.10 Å². The molecule has 142 valence electrons. The van der Waals surface area contributed by atoms with E-state index in [0.717, 1.165) is 31.5 Å². The van der Waals surface area contributed by atoms with Crippen molar-refractivity contribution >= 4 is 49.2 Å². The number of amides is 1. The number of rotatable bonds is 5. The fourth-order valence-electron chi connectivity index (χ4n) is 2.88. The molecule has 28 heavy (non-hydrogen) atoms. The molecule has 0 radical (unpaired) electrons. The Morgan fingerprint density at radius 1 is 1.18 bits per heavy atom. The predicted molar refractivity (Wildman–Crippen MR) is 114 cm³/mol. The van der Waals surface area contributed by atoms with Gasteiger partial charge < -0.3 is 10.2 Å². The van der Waals surface area contributed by atoms with Crippen molar-refractivity contribution in [2.75, 3.05) is 5.32 Å². The monoisotopic (exact) mass is 502 g/mol. The Bertz CT molecular complexity index is 1030. The van der Waals surface area contributed by atoms with Crippen molar-refractivity contribution in [3.8, 4) is 0 Å². The van der Waals surface area contributed by atoms with Crippen LogP contribution in [0, 0.1) is 0 Å². The van der Waals surface area contributed by atoms with Crippen LogP contribution in [0.4, 0.5) is 5.69 Å². The minimum Gasteiger partial charge on any atom is -0.382 e. The van der Waals surface area contributed by atoms with Crippen molar-refractivity contribution < 1.29 is 9.63 Å². The molecule has 0 fully saturated rings. The van der Waals surface area contributed by atoms with Crippen LogP contribution in [-0.2, 0) is 16.2 Å². The van der Waals surface area contributed by atoms with Crippen molar-refractivity contribution in [3.05, 3.63) is 81.0 Å². The number of nitrogens with one attached hydrogen (secondary N) is 1. The molecule has 3 aromatic rings. The topological polar surface area (TPSA) is 68.5 Å². The van der Waals surface area contributed by atoms with E-state index in [0.29, 0.717) is 13.0 Å². The minimum atomic E-state index is -0.630. The van der Waals surface area contributed by atoms with Crippen LogP contribution < -0.4 is 5.32 Å². The Balaban J connectivity index is 1.34. The number of halogens is 2. The van der Waals surface area contributed by atoms with Crippen LogP contribution >= 0.6 is 31.9 Å².